The SMILES string of the molecule is Cc1ccccc1-c1nn(-c2ccccc2)cc1C(=O)N1CCN(C(=O)C(=O)N2CCCC2)CC1. The number of hydrogen-bond acceptors (Lipinski definition) is 4. The summed E-state index contributed by atoms with van der Waals surface area (Å²) in [5.41, 5.74) is 3.99. The van der Waals surface area contributed by atoms with Gasteiger partial charge in [0.15, 0.2) is 0 Å². The molecule has 2 aliphatic heterocycles. The summed E-state index contributed by atoms with van der Waals surface area (Å²) in [6.07, 6.45) is 3.68. The van der Waals surface area contributed by atoms with Gasteiger partial charge in [-0.1, -0.05) is 42.5 Å². The molecule has 8 nitrogen and oxygen atoms in total. The van der Waals surface area contributed by atoms with E-state index in [1.165, 1.54) is 0 Å². The highest BCUT2D eigenvalue weighted by atomic mass is 16.2. The molecule has 1 aromatic heterocycles. The van der Waals surface area contributed by atoms with Crippen molar-refractivity contribution < 1.29 is 14.4 Å². The van der Waals surface area contributed by atoms with Crippen LogP contribution in [-0.4, -0.2) is 81.5 Å². The minimum absolute atomic E-state index is 0.122. The maximum atomic E-state index is 13.7. The molecule has 2 saturated heterocycles. The molecule has 8 heteroatoms. The van der Waals surface area contributed by atoms with Gasteiger partial charge in [-0.3, -0.25) is 14.4 Å². The largest absolute Gasteiger partial charge is 0.335 e. The van der Waals surface area contributed by atoms with Crippen LogP contribution < -0.4 is 0 Å². The van der Waals surface area contributed by atoms with Crippen molar-refractivity contribution in [2.75, 3.05) is 39.3 Å². The highest BCUT2D eigenvalue weighted by Crippen LogP contribution is 2.28. The predicted octanol–water partition coefficient (Wildman–Crippen LogP) is 2.75. The highest BCUT2D eigenvalue weighted by Gasteiger charge is 2.33. The van der Waals surface area contributed by atoms with Gasteiger partial charge in [-0.25, -0.2) is 4.68 Å². The Morgan fingerprint density at radius 3 is 1.94 bits per heavy atom. The topological polar surface area (TPSA) is 78.8 Å². The number of rotatable bonds is 3. The normalized spacial score (nSPS) is 16.0. The van der Waals surface area contributed by atoms with Crippen molar-refractivity contribution in [1.82, 2.24) is 24.5 Å². The van der Waals surface area contributed by atoms with Crippen LogP contribution in [0.5, 0.6) is 0 Å². The summed E-state index contributed by atoms with van der Waals surface area (Å²) in [6, 6.07) is 17.6. The van der Waals surface area contributed by atoms with Crippen LogP contribution in [0.4, 0.5) is 0 Å². The summed E-state index contributed by atoms with van der Waals surface area (Å²) in [5, 5.41) is 4.79. The molecule has 3 amide bonds. The summed E-state index contributed by atoms with van der Waals surface area (Å²) in [6.45, 7) is 4.75. The van der Waals surface area contributed by atoms with Gasteiger partial charge < -0.3 is 14.7 Å². The standard InChI is InChI=1S/C27H29N5O3/c1-20-9-5-6-12-22(20)24-23(19-32(28-24)21-10-3-2-4-11-21)25(33)30-15-17-31(18-16-30)27(35)26(34)29-13-7-8-14-29/h2-6,9-12,19H,7-8,13-18H2,1H3. The molecule has 2 aliphatic rings. The Kier molecular flexibility index (Phi) is 6.35. The Morgan fingerprint density at radius 2 is 1.29 bits per heavy atom. The third-order valence-corrected chi connectivity index (χ3v) is 6.80. The molecule has 0 spiro atoms. The minimum atomic E-state index is -0.462. The Morgan fingerprint density at radius 1 is 0.714 bits per heavy atom. The van der Waals surface area contributed by atoms with Crippen molar-refractivity contribution in [2.24, 2.45) is 0 Å². The Hall–Kier alpha value is -3.94. The monoisotopic (exact) mass is 471 g/mol. The molecular formula is C27H29N5O3. The number of para-hydroxylation sites is 1. The van der Waals surface area contributed by atoms with Crippen molar-refractivity contribution >= 4 is 17.7 Å². The number of hydrogen-bond donors (Lipinski definition) is 0. The molecule has 2 aromatic carbocycles. The molecule has 0 saturated carbocycles. The molecule has 2 fully saturated rings. The molecule has 0 atom stereocenters. The first-order valence-corrected chi connectivity index (χ1v) is 12.1. The van der Waals surface area contributed by atoms with Crippen molar-refractivity contribution in [1.29, 1.82) is 0 Å². The lowest BCUT2D eigenvalue weighted by Crippen LogP contribution is -2.54. The molecule has 0 bridgehead atoms. The molecule has 0 aliphatic carbocycles. The van der Waals surface area contributed by atoms with Gasteiger partial charge in [-0.2, -0.15) is 5.10 Å². The second-order valence-corrected chi connectivity index (χ2v) is 9.07. The van der Waals surface area contributed by atoms with Crippen molar-refractivity contribution in [2.45, 2.75) is 19.8 Å². The maximum Gasteiger partial charge on any atom is 0.312 e. The Bertz CT molecular complexity index is 1240. The summed E-state index contributed by atoms with van der Waals surface area (Å²) >= 11 is 0. The zero-order valence-corrected chi connectivity index (χ0v) is 19.9. The first-order valence-electron chi connectivity index (χ1n) is 12.1. The van der Waals surface area contributed by atoms with E-state index in [-0.39, 0.29) is 5.91 Å². The van der Waals surface area contributed by atoms with Gasteiger partial charge in [0.2, 0.25) is 0 Å². The van der Waals surface area contributed by atoms with Gasteiger partial charge in [0.1, 0.15) is 5.69 Å². The van der Waals surface area contributed by atoms with Crippen LogP contribution >= 0.6 is 0 Å². The van der Waals surface area contributed by atoms with Gasteiger partial charge in [0, 0.05) is 51.0 Å². The van der Waals surface area contributed by atoms with Crippen molar-refractivity contribution in [3.8, 4) is 16.9 Å². The fourth-order valence-corrected chi connectivity index (χ4v) is 4.75. The van der Waals surface area contributed by atoms with Crippen LogP contribution in [0.1, 0.15) is 28.8 Å². The lowest BCUT2D eigenvalue weighted by molar-refractivity contribution is -0.152. The van der Waals surface area contributed by atoms with E-state index in [9.17, 15) is 14.4 Å². The molecule has 180 valence electrons. The fraction of sp³-hybridized carbons (Fsp3) is 0.333. The lowest BCUT2D eigenvalue weighted by Gasteiger charge is -2.35. The van der Waals surface area contributed by atoms with E-state index in [4.69, 9.17) is 5.10 Å². The number of piperazine rings is 1. The summed E-state index contributed by atoms with van der Waals surface area (Å²) < 4.78 is 1.74. The molecule has 0 unspecified atom stereocenters. The molecule has 5 rings (SSSR count). The number of carbonyl (C=O) groups is 3. The van der Waals surface area contributed by atoms with Crippen LogP contribution in [0.15, 0.2) is 60.8 Å². The van der Waals surface area contributed by atoms with Gasteiger partial charge in [-0.05, 0) is 37.5 Å². The summed E-state index contributed by atoms with van der Waals surface area (Å²) in [7, 11) is 0. The molecule has 35 heavy (non-hydrogen) atoms. The van der Waals surface area contributed by atoms with E-state index < -0.39 is 11.8 Å². The highest BCUT2D eigenvalue weighted by molar-refractivity contribution is 6.35. The molecule has 0 radical (unpaired) electrons. The van der Waals surface area contributed by atoms with E-state index in [1.54, 1.807) is 25.6 Å². The fourth-order valence-electron chi connectivity index (χ4n) is 4.75. The molecule has 3 aromatic rings. The number of benzene rings is 2. The first kappa shape index (κ1) is 22.8. The second-order valence-electron chi connectivity index (χ2n) is 9.07. The number of aromatic nitrogens is 2. The quantitative estimate of drug-likeness (QED) is 0.551. The average molecular weight is 472 g/mol. The predicted molar refractivity (Wildman–Crippen MR) is 132 cm³/mol. The van der Waals surface area contributed by atoms with E-state index in [2.05, 4.69) is 0 Å². The third kappa shape index (κ3) is 4.56. The number of likely N-dealkylation sites (tertiary alicyclic amines) is 1. The number of amides is 3. The number of aryl methyl sites for hydroxylation is 1. The van der Waals surface area contributed by atoms with Crippen molar-refractivity contribution in [3.63, 3.8) is 0 Å². The van der Waals surface area contributed by atoms with E-state index in [1.807, 2.05) is 61.5 Å². The second kappa shape index (κ2) is 9.74. The first-order chi connectivity index (χ1) is 17.0. The van der Waals surface area contributed by atoms with Crippen LogP contribution in [0, 0.1) is 6.92 Å². The zero-order chi connectivity index (χ0) is 24.4. The van der Waals surface area contributed by atoms with Gasteiger partial charge >= 0.3 is 11.8 Å². The number of nitrogens with zero attached hydrogens (tertiary/aromatic N) is 5. The molecule has 3 heterocycles. The summed E-state index contributed by atoms with van der Waals surface area (Å²) in [5.74, 6) is -1.01. The van der Waals surface area contributed by atoms with Gasteiger partial charge in [0.05, 0.1) is 11.3 Å². The van der Waals surface area contributed by atoms with E-state index >= 15 is 0 Å². The van der Waals surface area contributed by atoms with E-state index in [0.29, 0.717) is 50.5 Å². The van der Waals surface area contributed by atoms with Crippen molar-refractivity contribution in [3.05, 3.63) is 71.9 Å². The van der Waals surface area contributed by atoms with E-state index in [0.717, 1.165) is 29.7 Å². The minimum Gasteiger partial charge on any atom is -0.335 e. The van der Waals surface area contributed by atoms with Gasteiger partial charge in [-0.15, -0.1) is 0 Å². The van der Waals surface area contributed by atoms with Crippen LogP contribution in [0.2, 0.25) is 0 Å². The van der Waals surface area contributed by atoms with Crippen LogP contribution in [0.3, 0.4) is 0 Å². The maximum absolute atomic E-state index is 13.7. The Labute approximate surface area is 204 Å². The smallest absolute Gasteiger partial charge is 0.312 e. The van der Waals surface area contributed by atoms with Gasteiger partial charge in [0.25, 0.3) is 5.91 Å². The Balaban J connectivity index is 1.36. The molecule has 0 N–H and O–H groups in total. The number of carbonyl (C=O) groups excluding carboxylic acids is 3. The zero-order valence-electron chi connectivity index (χ0n) is 19.9. The summed E-state index contributed by atoms with van der Waals surface area (Å²) in [4.78, 5) is 43.8. The van der Waals surface area contributed by atoms with Crippen LogP contribution in [0.25, 0.3) is 16.9 Å². The van der Waals surface area contributed by atoms with Crippen LogP contribution in [-0.2, 0) is 9.59 Å². The molecular weight excluding hydrogens is 442 g/mol. The average Bonchev–Trinajstić information content (AvgIpc) is 3.59. The third-order valence-electron chi connectivity index (χ3n) is 6.80. The lowest BCUT2D eigenvalue weighted by atomic mass is 10.0.